The number of aromatic hydroxyl groups is 1. The van der Waals surface area contributed by atoms with E-state index in [1.807, 2.05) is 0 Å². The lowest BCUT2D eigenvalue weighted by molar-refractivity contribution is -0.384. The van der Waals surface area contributed by atoms with Gasteiger partial charge in [-0.05, 0) is 24.3 Å². The Morgan fingerprint density at radius 3 is 2.50 bits per heavy atom. The van der Waals surface area contributed by atoms with Crippen molar-refractivity contribution in [3.8, 4) is 5.75 Å². The topological polar surface area (TPSA) is 79.0 Å². The van der Waals surface area contributed by atoms with Crippen LogP contribution in [0, 0.1) is 10.1 Å². The van der Waals surface area contributed by atoms with E-state index in [1.165, 1.54) is 19.2 Å². The molecule has 138 valence electrons. The SMILES string of the molecule is CN(N=Cc1cc(Cl)cc(Cl)c1O)c1ccc(C(F)(F)F)cc1[N+](=O)[O-]. The van der Waals surface area contributed by atoms with E-state index in [2.05, 4.69) is 5.10 Å². The molecule has 0 fully saturated rings. The summed E-state index contributed by atoms with van der Waals surface area (Å²) < 4.78 is 38.2. The van der Waals surface area contributed by atoms with Gasteiger partial charge in [0.1, 0.15) is 11.4 Å². The molecule has 6 nitrogen and oxygen atoms in total. The summed E-state index contributed by atoms with van der Waals surface area (Å²) in [5.41, 5.74) is -1.96. The van der Waals surface area contributed by atoms with Crippen LogP contribution in [0.3, 0.4) is 0 Å². The molecule has 2 aromatic rings. The summed E-state index contributed by atoms with van der Waals surface area (Å²) in [7, 11) is 1.30. The maximum absolute atomic E-state index is 12.7. The van der Waals surface area contributed by atoms with Gasteiger partial charge >= 0.3 is 6.18 Å². The molecule has 0 unspecified atom stereocenters. The summed E-state index contributed by atoms with van der Waals surface area (Å²) in [4.78, 5) is 10.2. The van der Waals surface area contributed by atoms with Crippen molar-refractivity contribution in [3.05, 3.63) is 61.6 Å². The number of halogens is 5. The average molecular weight is 408 g/mol. The molecule has 2 aromatic carbocycles. The lowest BCUT2D eigenvalue weighted by atomic mass is 10.1. The summed E-state index contributed by atoms with van der Waals surface area (Å²) in [6.07, 6.45) is -3.59. The number of hydrogen-bond donors (Lipinski definition) is 1. The second-order valence-electron chi connectivity index (χ2n) is 5.05. The predicted octanol–water partition coefficient (Wildman–Crippen LogP) is 5.10. The number of nitrogens with zero attached hydrogens (tertiary/aromatic N) is 3. The molecule has 0 heterocycles. The highest BCUT2D eigenvalue weighted by molar-refractivity contribution is 6.36. The van der Waals surface area contributed by atoms with Crippen molar-refractivity contribution in [1.82, 2.24) is 0 Å². The zero-order valence-electron chi connectivity index (χ0n) is 13.0. The largest absolute Gasteiger partial charge is 0.506 e. The summed E-state index contributed by atoms with van der Waals surface area (Å²) in [6, 6.07) is 4.72. The smallest absolute Gasteiger partial charge is 0.416 e. The minimum absolute atomic E-state index is 0.0258. The third-order valence-corrected chi connectivity index (χ3v) is 3.78. The number of hydrazone groups is 1. The first-order chi connectivity index (χ1) is 12.0. The Bertz CT molecular complexity index is 888. The minimum Gasteiger partial charge on any atom is -0.506 e. The van der Waals surface area contributed by atoms with Crippen LogP contribution < -0.4 is 5.01 Å². The van der Waals surface area contributed by atoms with E-state index in [-0.39, 0.29) is 27.0 Å². The Morgan fingerprint density at radius 1 is 1.27 bits per heavy atom. The van der Waals surface area contributed by atoms with Crippen LogP contribution in [0.4, 0.5) is 24.5 Å². The van der Waals surface area contributed by atoms with Gasteiger partial charge in [0.2, 0.25) is 0 Å². The van der Waals surface area contributed by atoms with Gasteiger partial charge in [-0.25, -0.2) is 0 Å². The molecule has 0 radical (unpaired) electrons. The van der Waals surface area contributed by atoms with Crippen LogP contribution in [0.2, 0.25) is 10.0 Å². The average Bonchev–Trinajstić information content (AvgIpc) is 2.55. The minimum atomic E-state index is -4.71. The van der Waals surface area contributed by atoms with Gasteiger partial charge in [0.15, 0.2) is 0 Å². The van der Waals surface area contributed by atoms with E-state index in [0.29, 0.717) is 12.1 Å². The van der Waals surface area contributed by atoms with Gasteiger partial charge in [0.25, 0.3) is 5.69 Å². The van der Waals surface area contributed by atoms with Crippen molar-refractivity contribution in [3.63, 3.8) is 0 Å². The number of rotatable bonds is 4. The fourth-order valence-electron chi connectivity index (χ4n) is 2.01. The summed E-state index contributed by atoms with van der Waals surface area (Å²) in [5, 5.41) is 26.0. The van der Waals surface area contributed by atoms with E-state index < -0.39 is 22.4 Å². The van der Waals surface area contributed by atoms with Crippen LogP contribution in [0.15, 0.2) is 35.4 Å². The molecular formula is C15H10Cl2F3N3O3. The van der Waals surface area contributed by atoms with E-state index >= 15 is 0 Å². The summed E-state index contributed by atoms with van der Waals surface area (Å²) in [5.74, 6) is -0.310. The number of alkyl halides is 3. The van der Waals surface area contributed by atoms with Crippen LogP contribution in [0.5, 0.6) is 5.75 Å². The standard InChI is InChI=1S/C15H10Cl2F3N3O3/c1-22(21-7-8-4-10(16)6-11(17)14(8)24)12-3-2-9(15(18,19)20)5-13(12)23(25)26/h2-7,24H,1H3. The molecule has 1 N–H and O–H groups in total. The molecule has 0 spiro atoms. The molecule has 0 bridgehead atoms. The van der Waals surface area contributed by atoms with Gasteiger partial charge in [-0.1, -0.05) is 23.2 Å². The van der Waals surface area contributed by atoms with Crippen molar-refractivity contribution in [2.45, 2.75) is 6.18 Å². The van der Waals surface area contributed by atoms with Crippen molar-refractivity contribution < 1.29 is 23.2 Å². The number of nitro benzene ring substituents is 1. The highest BCUT2D eigenvalue weighted by atomic mass is 35.5. The summed E-state index contributed by atoms with van der Waals surface area (Å²) in [6.45, 7) is 0. The fraction of sp³-hybridized carbons (Fsp3) is 0.133. The Balaban J connectivity index is 2.41. The maximum atomic E-state index is 12.7. The van der Waals surface area contributed by atoms with Crippen LogP contribution in [0.1, 0.15) is 11.1 Å². The molecule has 2 rings (SSSR count). The Morgan fingerprint density at radius 2 is 1.92 bits per heavy atom. The van der Waals surface area contributed by atoms with Gasteiger partial charge in [-0.15, -0.1) is 0 Å². The molecule has 0 atom stereocenters. The van der Waals surface area contributed by atoms with Gasteiger partial charge < -0.3 is 5.11 Å². The van der Waals surface area contributed by atoms with Crippen molar-refractivity contribution in [2.75, 3.05) is 12.1 Å². The molecule has 0 aliphatic rings. The number of anilines is 1. The second kappa shape index (κ2) is 7.38. The normalized spacial score (nSPS) is 11.8. The fourth-order valence-corrected chi connectivity index (χ4v) is 2.52. The van der Waals surface area contributed by atoms with Crippen LogP contribution in [-0.2, 0) is 6.18 Å². The third-order valence-electron chi connectivity index (χ3n) is 3.28. The first-order valence-electron chi connectivity index (χ1n) is 6.82. The van der Waals surface area contributed by atoms with Gasteiger partial charge in [-0.2, -0.15) is 18.3 Å². The molecule has 0 saturated carbocycles. The molecule has 11 heteroatoms. The van der Waals surface area contributed by atoms with Gasteiger partial charge in [-0.3, -0.25) is 15.1 Å². The highest BCUT2D eigenvalue weighted by Crippen LogP contribution is 2.36. The van der Waals surface area contributed by atoms with Crippen molar-refractivity contribution in [1.29, 1.82) is 0 Å². The number of hydrogen-bond acceptors (Lipinski definition) is 5. The van der Waals surface area contributed by atoms with Crippen LogP contribution in [0.25, 0.3) is 0 Å². The molecule has 0 aliphatic carbocycles. The lowest BCUT2D eigenvalue weighted by Crippen LogP contribution is -2.13. The second-order valence-corrected chi connectivity index (χ2v) is 5.90. The van der Waals surface area contributed by atoms with Crippen molar-refractivity contribution in [2.24, 2.45) is 5.10 Å². The molecule has 0 saturated heterocycles. The molecule has 0 aliphatic heterocycles. The quantitative estimate of drug-likeness (QED) is 0.434. The number of phenolic OH excluding ortho intramolecular Hbond substituents is 1. The Hall–Kier alpha value is -2.52. The first kappa shape index (κ1) is 19.8. The van der Waals surface area contributed by atoms with E-state index in [1.54, 1.807) is 0 Å². The Labute approximate surface area is 155 Å². The lowest BCUT2D eigenvalue weighted by Gasteiger charge is -2.15. The zero-order chi connectivity index (χ0) is 19.6. The maximum Gasteiger partial charge on any atom is 0.416 e. The molecular weight excluding hydrogens is 398 g/mol. The highest BCUT2D eigenvalue weighted by Gasteiger charge is 2.33. The number of benzene rings is 2. The third kappa shape index (κ3) is 4.36. The van der Waals surface area contributed by atoms with Gasteiger partial charge in [0.05, 0.1) is 21.7 Å². The summed E-state index contributed by atoms with van der Waals surface area (Å²) >= 11 is 11.6. The molecule has 26 heavy (non-hydrogen) atoms. The van der Waals surface area contributed by atoms with Gasteiger partial charge in [0, 0.05) is 23.7 Å². The number of phenols is 1. The predicted molar refractivity (Wildman–Crippen MR) is 92.2 cm³/mol. The Kier molecular flexibility index (Phi) is 5.62. The number of nitro groups is 1. The van der Waals surface area contributed by atoms with Crippen LogP contribution in [-0.4, -0.2) is 23.3 Å². The van der Waals surface area contributed by atoms with E-state index in [9.17, 15) is 28.4 Å². The van der Waals surface area contributed by atoms with Crippen molar-refractivity contribution >= 4 is 40.8 Å². The van der Waals surface area contributed by atoms with E-state index in [0.717, 1.165) is 17.3 Å². The molecule has 0 aromatic heterocycles. The first-order valence-corrected chi connectivity index (χ1v) is 7.57. The zero-order valence-corrected chi connectivity index (χ0v) is 14.5. The molecule has 0 amide bonds. The monoisotopic (exact) mass is 407 g/mol. The van der Waals surface area contributed by atoms with E-state index in [4.69, 9.17) is 23.2 Å². The van der Waals surface area contributed by atoms with Crippen LogP contribution >= 0.6 is 23.2 Å².